The van der Waals surface area contributed by atoms with Crippen LogP contribution in [-0.2, 0) is 4.79 Å². The highest BCUT2D eigenvalue weighted by atomic mass is 35.5. The molecule has 0 bridgehead atoms. The van der Waals surface area contributed by atoms with Crippen molar-refractivity contribution in [3.8, 4) is 0 Å². The Morgan fingerprint density at radius 3 is 2.65 bits per heavy atom. The molecule has 1 atom stereocenters. The third kappa shape index (κ3) is 7.93. The zero-order chi connectivity index (χ0) is 13.3. The summed E-state index contributed by atoms with van der Waals surface area (Å²) in [7, 11) is 0. The molecule has 17 heavy (non-hydrogen) atoms. The summed E-state index contributed by atoms with van der Waals surface area (Å²) in [5.74, 6) is -0.350. The number of carbonyl (C=O) groups excluding carboxylic acids is 1. The van der Waals surface area contributed by atoms with Gasteiger partial charge in [-0.1, -0.05) is 11.6 Å². The SMILES string of the molecule is CSCCC(NC(=O)NCC(C)=CCl)C(=O)O. The number of hydrogen-bond donors (Lipinski definition) is 3. The zero-order valence-corrected chi connectivity index (χ0v) is 11.4. The summed E-state index contributed by atoms with van der Waals surface area (Å²) < 4.78 is 0. The molecule has 0 aromatic rings. The standard InChI is InChI=1S/C10H17ClN2O3S/c1-7(5-11)6-12-10(16)13-8(9(14)15)3-4-17-2/h5,8H,3-4,6H2,1-2H3,(H,14,15)(H2,12,13,16). The molecule has 0 heterocycles. The first-order valence-corrected chi connectivity index (χ1v) is 6.86. The van der Waals surface area contributed by atoms with E-state index in [2.05, 4.69) is 10.6 Å². The minimum absolute atomic E-state index is 0.296. The van der Waals surface area contributed by atoms with Gasteiger partial charge in [-0.3, -0.25) is 0 Å². The summed E-state index contributed by atoms with van der Waals surface area (Å²) in [6, 6.07) is -1.36. The van der Waals surface area contributed by atoms with Gasteiger partial charge in [0.2, 0.25) is 0 Å². The van der Waals surface area contributed by atoms with Crippen LogP contribution in [0.3, 0.4) is 0 Å². The first-order valence-electron chi connectivity index (χ1n) is 5.03. The molecule has 1 unspecified atom stereocenters. The number of nitrogens with one attached hydrogen (secondary N) is 2. The monoisotopic (exact) mass is 280 g/mol. The lowest BCUT2D eigenvalue weighted by Gasteiger charge is -2.14. The topological polar surface area (TPSA) is 78.4 Å². The molecule has 0 radical (unpaired) electrons. The van der Waals surface area contributed by atoms with Gasteiger partial charge in [0.15, 0.2) is 0 Å². The van der Waals surface area contributed by atoms with Crippen LogP contribution in [0.15, 0.2) is 11.1 Å². The lowest BCUT2D eigenvalue weighted by molar-refractivity contribution is -0.139. The number of aliphatic carboxylic acids is 1. The van der Waals surface area contributed by atoms with Gasteiger partial charge in [-0.2, -0.15) is 11.8 Å². The van der Waals surface area contributed by atoms with Crippen LogP contribution >= 0.6 is 23.4 Å². The Kier molecular flexibility index (Phi) is 8.71. The van der Waals surface area contributed by atoms with E-state index in [0.29, 0.717) is 18.7 Å². The summed E-state index contributed by atoms with van der Waals surface area (Å²) >= 11 is 6.96. The molecule has 0 spiro atoms. The van der Waals surface area contributed by atoms with Crippen molar-refractivity contribution >= 4 is 35.4 Å². The van der Waals surface area contributed by atoms with Crippen molar-refractivity contribution in [3.63, 3.8) is 0 Å². The molecule has 0 fully saturated rings. The summed E-state index contributed by atoms with van der Waals surface area (Å²) in [6.07, 6.45) is 2.28. The predicted octanol–water partition coefficient (Wildman–Crippen LogP) is 1.63. The van der Waals surface area contributed by atoms with Crippen LogP contribution in [0.2, 0.25) is 0 Å². The highest BCUT2D eigenvalue weighted by Crippen LogP contribution is 2.01. The second kappa shape index (κ2) is 9.18. The quantitative estimate of drug-likeness (QED) is 0.662. The van der Waals surface area contributed by atoms with Crippen molar-refractivity contribution in [1.82, 2.24) is 10.6 Å². The summed E-state index contributed by atoms with van der Waals surface area (Å²) in [4.78, 5) is 22.2. The fourth-order valence-corrected chi connectivity index (χ4v) is 1.51. The van der Waals surface area contributed by atoms with E-state index in [-0.39, 0.29) is 0 Å². The van der Waals surface area contributed by atoms with Crippen LogP contribution in [0.5, 0.6) is 0 Å². The minimum Gasteiger partial charge on any atom is -0.480 e. The molecular formula is C10H17ClN2O3S. The van der Waals surface area contributed by atoms with Gasteiger partial charge in [0.25, 0.3) is 0 Å². The Labute approximate surface area is 110 Å². The van der Waals surface area contributed by atoms with E-state index < -0.39 is 18.0 Å². The fourth-order valence-electron chi connectivity index (χ4n) is 0.961. The van der Waals surface area contributed by atoms with E-state index in [0.717, 1.165) is 5.57 Å². The number of hydrogen-bond acceptors (Lipinski definition) is 3. The molecule has 0 aliphatic heterocycles. The fraction of sp³-hybridized carbons (Fsp3) is 0.600. The van der Waals surface area contributed by atoms with Gasteiger partial charge in [0.05, 0.1) is 0 Å². The average molecular weight is 281 g/mol. The van der Waals surface area contributed by atoms with Crippen molar-refractivity contribution in [2.24, 2.45) is 0 Å². The molecule has 7 heteroatoms. The van der Waals surface area contributed by atoms with E-state index in [1.807, 2.05) is 6.26 Å². The third-order valence-electron chi connectivity index (χ3n) is 1.93. The van der Waals surface area contributed by atoms with Crippen molar-refractivity contribution in [2.75, 3.05) is 18.6 Å². The van der Waals surface area contributed by atoms with Gasteiger partial charge < -0.3 is 15.7 Å². The first-order chi connectivity index (χ1) is 8.01. The molecule has 2 amide bonds. The Morgan fingerprint density at radius 2 is 2.18 bits per heavy atom. The molecule has 5 nitrogen and oxygen atoms in total. The van der Waals surface area contributed by atoms with E-state index in [1.54, 1.807) is 6.92 Å². The summed E-state index contributed by atoms with van der Waals surface area (Å²) in [6.45, 7) is 2.06. The van der Waals surface area contributed by atoms with Gasteiger partial charge in [-0.05, 0) is 30.9 Å². The Balaban J connectivity index is 4.08. The highest BCUT2D eigenvalue weighted by molar-refractivity contribution is 7.98. The van der Waals surface area contributed by atoms with Crippen LogP contribution in [0.4, 0.5) is 4.79 Å². The molecule has 0 aliphatic carbocycles. The molecule has 0 aliphatic rings. The van der Waals surface area contributed by atoms with E-state index in [4.69, 9.17) is 16.7 Å². The normalized spacial score (nSPS) is 13.0. The molecule has 98 valence electrons. The van der Waals surface area contributed by atoms with Gasteiger partial charge in [0.1, 0.15) is 6.04 Å². The zero-order valence-electron chi connectivity index (χ0n) is 9.83. The van der Waals surface area contributed by atoms with Crippen LogP contribution < -0.4 is 10.6 Å². The highest BCUT2D eigenvalue weighted by Gasteiger charge is 2.18. The lowest BCUT2D eigenvalue weighted by Crippen LogP contribution is -2.46. The minimum atomic E-state index is -1.03. The molecule has 0 saturated heterocycles. The number of rotatable bonds is 7. The van der Waals surface area contributed by atoms with Gasteiger partial charge in [0, 0.05) is 12.1 Å². The van der Waals surface area contributed by atoms with Gasteiger partial charge in [-0.15, -0.1) is 0 Å². The lowest BCUT2D eigenvalue weighted by atomic mass is 10.2. The second-order valence-corrected chi connectivity index (χ2v) is 4.66. The maximum absolute atomic E-state index is 11.4. The summed E-state index contributed by atoms with van der Waals surface area (Å²) in [5.41, 5.74) is 2.15. The molecule has 0 aromatic heterocycles. The van der Waals surface area contributed by atoms with E-state index in [9.17, 15) is 9.59 Å². The number of halogens is 1. The predicted molar refractivity (Wildman–Crippen MR) is 70.6 cm³/mol. The molecular weight excluding hydrogens is 264 g/mol. The van der Waals surface area contributed by atoms with Crippen LogP contribution in [0, 0.1) is 0 Å². The van der Waals surface area contributed by atoms with Crippen molar-refractivity contribution in [3.05, 3.63) is 11.1 Å². The van der Waals surface area contributed by atoms with E-state index >= 15 is 0 Å². The Hall–Kier alpha value is -0.880. The number of carboxylic acids is 1. The molecule has 3 N–H and O–H groups in total. The average Bonchev–Trinajstić information content (AvgIpc) is 2.30. The van der Waals surface area contributed by atoms with Gasteiger partial charge >= 0.3 is 12.0 Å². The van der Waals surface area contributed by atoms with Crippen molar-refractivity contribution < 1.29 is 14.7 Å². The number of amides is 2. The Morgan fingerprint density at radius 1 is 1.53 bits per heavy atom. The van der Waals surface area contributed by atoms with Crippen LogP contribution in [0.25, 0.3) is 0 Å². The second-order valence-electron chi connectivity index (χ2n) is 3.45. The number of carboxylic acid groups (broad SMARTS) is 1. The largest absolute Gasteiger partial charge is 0.480 e. The maximum Gasteiger partial charge on any atom is 0.326 e. The smallest absolute Gasteiger partial charge is 0.326 e. The number of thioether (sulfide) groups is 1. The van der Waals surface area contributed by atoms with Crippen molar-refractivity contribution in [1.29, 1.82) is 0 Å². The van der Waals surface area contributed by atoms with Crippen molar-refractivity contribution in [2.45, 2.75) is 19.4 Å². The molecule has 0 rings (SSSR count). The molecule has 0 saturated carbocycles. The van der Waals surface area contributed by atoms with Gasteiger partial charge in [-0.25, -0.2) is 9.59 Å². The maximum atomic E-state index is 11.4. The number of carbonyl (C=O) groups is 2. The van der Waals surface area contributed by atoms with Crippen LogP contribution in [0.1, 0.15) is 13.3 Å². The third-order valence-corrected chi connectivity index (χ3v) is 2.94. The number of urea groups is 1. The Bertz CT molecular complexity index is 297. The first kappa shape index (κ1) is 16.1. The van der Waals surface area contributed by atoms with E-state index in [1.165, 1.54) is 17.3 Å². The molecule has 0 aromatic carbocycles. The van der Waals surface area contributed by atoms with Crippen LogP contribution in [-0.4, -0.2) is 41.7 Å². The summed E-state index contributed by atoms with van der Waals surface area (Å²) in [5, 5.41) is 13.8.